The highest BCUT2D eigenvalue weighted by atomic mass is 79.9. The molecule has 0 saturated heterocycles. The third-order valence-corrected chi connectivity index (χ3v) is 4.49. The molecule has 0 aromatic heterocycles. The molecule has 2 N–H and O–H groups in total. The Labute approximate surface area is 137 Å². The summed E-state index contributed by atoms with van der Waals surface area (Å²) in [6.45, 7) is 1.28. The lowest BCUT2D eigenvalue weighted by molar-refractivity contribution is 0.297. The highest BCUT2D eigenvalue weighted by molar-refractivity contribution is 9.10. The van der Waals surface area contributed by atoms with Gasteiger partial charge in [-0.3, -0.25) is 0 Å². The zero-order valence-corrected chi connectivity index (χ0v) is 13.7. The Hall–Kier alpha value is -1.23. The van der Waals surface area contributed by atoms with Gasteiger partial charge in [-0.25, -0.2) is 0 Å². The van der Waals surface area contributed by atoms with E-state index in [4.69, 9.17) is 26.8 Å². The zero-order chi connectivity index (χ0) is 14.8. The first kappa shape index (κ1) is 14.7. The standard InChI is InChI=1S/C16H15BrClNO2/c17-12-5-2-1-4-10(12)16(19)11-8-14-15(9-13(11)18)21-7-3-6-20-14/h1-2,4-5,8-9,16H,3,6-7,19H2. The molecule has 3 nitrogen and oxygen atoms in total. The number of hydrogen-bond acceptors (Lipinski definition) is 3. The van der Waals surface area contributed by atoms with Crippen molar-refractivity contribution in [3.8, 4) is 11.5 Å². The predicted octanol–water partition coefficient (Wildman–Crippen LogP) is 4.31. The summed E-state index contributed by atoms with van der Waals surface area (Å²) < 4.78 is 12.3. The van der Waals surface area contributed by atoms with Crippen LogP contribution in [0.15, 0.2) is 40.9 Å². The van der Waals surface area contributed by atoms with Gasteiger partial charge in [-0.05, 0) is 23.3 Å². The molecule has 3 rings (SSSR count). The lowest BCUT2D eigenvalue weighted by atomic mass is 9.99. The normalized spacial score (nSPS) is 15.4. The SMILES string of the molecule is NC(c1cc2c(cc1Cl)OCCCO2)c1ccccc1Br. The Balaban J connectivity index is 2.02. The number of halogens is 2. The van der Waals surface area contributed by atoms with Crippen molar-refractivity contribution < 1.29 is 9.47 Å². The molecule has 0 fully saturated rings. The van der Waals surface area contributed by atoms with E-state index in [9.17, 15) is 0 Å². The Kier molecular flexibility index (Phi) is 4.38. The van der Waals surface area contributed by atoms with Crippen LogP contribution >= 0.6 is 27.5 Å². The van der Waals surface area contributed by atoms with E-state index in [-0.39, 0.29) is 6.04 Å². The van der Waals surface area contributed by atoms with Crippen LogP contribution in [0.4, 0.5) is 0 Å². The van der Waals surface area contributed by atoms with Gasteiger partial charge in [0.25, 0.3) is 0 Å². The van der Waals surface area contributed by atoms with E-state index in [0.717, 1.165) is 22.0 Å². The van der Waals surface area contributed by atoms with Crippen LogP contribution in [0.1, 0.15) is 23.6 Å². The van der Waals surface area contributed by atoms with Gasteiger partial charge in [0.1, 0.15) is 0 Å². The summed E-state index contributed by atoms with van der Waals surface area (Å²) in [6.07, 6.45) is 0.859. The maximum absolute atomic E-state index is 6.38. The van der Waals surface area contributed by atoms with Crippen LogP contribution in [0.3, 0.4) is 0 Å². The molecule has 1 unspecified atom stereocenters. The van der Waals surface area contributed by atoms with Crippen molar-refractivity contribution in [2.45, 2.75) is 12.5 Å². The van der Waals surface area contributed by atoms with E-state index in [1.165, 1.54) is 0 Å². The van der Waals surface area contributed by atoms with Crippen LogP contribution in [0.2, 0.25) is 5.02 Å². The third-order valence-electron chi connectivity index (χ3n) is 3.44. The van der Waals surface area contributed by atoms with Gasteiger partial charge in [0.05, 0.1) is 19.3 Å². The number of fused-ring (bicyclic) bond motifs is 1. The summed E-state index contributed by atoms with van der Waals surface area (Å²) in [7, 11) is 0. The van der Waals surface area contributed by atoms with Crippen molar-refractivity contribution in [2.24, 2.45) is 5.73 Å². The van der Waals surface area contributed by atoms with Crippen LogP contribution in [0.5, 0.6) is 11.5 Å². The molecular formula is C16H15BrClNO2. The average molecular weight is 369 g/mol. The molecule has 1 heterocycles. The molecule has 1 atom stereocenters. The van der Waals surface area contributed by atoms with E-state index in [1.54, 1.807) is 6.07 Å². The number of nitrogens with two attached hydrogens (primary N) is 1. The quantitative estimate of drug-likeness (QED) is 0.859. The summed E-state index contributed by atoms with van der Waals surface area (Å²) in [5.41, 5.74) is 8.19. The van der Waals surface area contributed by atoms with Gasteiger partial charge < -0.3 is 15.2 Å². The largest absolute Gasteiger partial charge is 0.490 e. The summed E-state index contributed by atoms with van der Waals surface area (Å²) in [5, 5.41) is 0.586. The average Bonchev–Trinajstić information content (AvgIpc) is 2.71. The monoisotopic (exact) mass is 367 g/mol. The third kappa shape index (κ3) is 3.03. The lowest BCUT2D eigenvalue weighted by Crippen LogP contribution is -2.13. The van der Waals surface area contributed by atoms with Crippen LogP contribution < -0.4 is 15.2 Å². The number of benzene rings is 2. The van der Waals surface area contributed by atoms with Crippen LogP contribution in [-0.4, -0.2) is 13.2 Å². The van der Waals surface area contributed by atoms with Gasteiger partial charge in [0.2, 0.25) is 0 Å². The minimum atomic E-state index is -0.328. The Morgan fingerprint density at radius 1 is 1.05 bits per heavy atom. The van der Waals surface area contributed by atoms with Crippen LogP contribution in [0, 0.1) is 0 Å². The van der Waals surface area contributed by atoms with Crippen molar-refractivity contribution in [1.82, 2.24) is 0 Å². The van der Waals surface area contributed by atoms with Crippen molar-refractivity contribution in [2.75, 3.05) is 13.2 Å². The fourth-order valence-corrected chi connectivity index (χ4v) is 3.14. The maximum Gasteiger partial charge on any atom is 0.162 e. The van der Waals surface area contributed by atoms with Gasteiger partial charge in [0, 0.05) is 22.0 Å². The van der Waals surface area contributed by atoms with Gasteiger partial charge in [-0.15, -0.1) is 0 Å². The van der Waals surface area contributed by atoms with E-state index in [1.807, 2.05) is 30.3 Å². The predicted molar refractivity (Wildman–Crippen MR) is 87.2 cm³/mol. The van der Waals surface area contributed by atoms with E-state index in [0.29, 0.717) is 29.7 Å². The highest BCUT2D eigenvalue weighted by Gasteiger charge is 2.20. The second kappa shape index (κ2) is 6.26. The topological polar surface area (TPSA) is 44.5 Å². The smallest absolute Gasteiger partial charge is 0.162 e. The fourth-order valence-electron chi connectivity index (χ4n) is 2.33. The maximum atomic E-state index is 6.38. The highest BCUT2D eigenvalue weighted by Crippen LogP contribution is 2.39. The Bertz CT molecular complexity index is 663. The fraction of sp³-hybridized carbons (Fsp3) is 0.250. The molecule has 0 aliphatic carbocycles. The zero-order valence-electron chi connectivity index (χ0n) is 11.3. The van der Waals surface area contributed by atoms with E-state index < -0.39 is 0 Å². The molecule has 21 heavy (non-hydrogen) atoms. The molecule has 2 aromatic carbocycles. The van der Waals surface area contributed by atoms with Gasteiger partial charge >= 0.3 is 0 Å². The minimum absolute atomic E-state index is 0.328. The first-order chi connectivity index (χ1) is 10.2. The summed E-state index contributed by atoms with van der Waals surface area (Å²) in [6, 6.07) is 11.2. The van der Waals surface area contributed by atoms with Crippen molar-refractivity contribution in [3.05, 3.63) is 57.0 Å². The molecular weight excluding hydrogens is 354 g/mol. The molecule has 5 heteroatoms. The Morgan fingerprint density at radius 3 is 2.43 bits per heavy atom. The van der Waals surface area contributed by atoms with Crippen molar-refractivity contribution in [3.63, 3.8) is 0 Å². The summed E-state index contributed by atoms with van der Waals surface area (Å²) in [5.74, 6) is 1.38. The van der Waals surface area contributed by atoms with Crippen LogP contribution in [0.25, 0.3) is 0 Å². The molecule has 1 aliphatic rings. The molecule has 1 aliphatic heterocycles. The van der Waals surface area contributed by atoms with Gasteiger partial charge in [0.15, 0.2) is 11.5 Å². The molecule has 0 bridgehead atoms. The molecule has 0 radical (unpaired) electrons. The van der Waals surface area contributed by atoms with Crippen molar-refractivity contribution >= 4 is 27.5 Å². The molecule has 0 saturated carbocycles. The Morgan fingerprint density at radius 2 is 1.71 bits per heavy atom. The number of rotatable bonds is 2. The molecule has 0 amide bonds. The number of hydrogen-bond donors (Lipinski definition) is 1. The van der Waals surface area contributed by atoms with Crippen molar-refractivity contribution in [1.29, 1.82) is 0 Å². The second-order valence-electron chi connectivity index (χ2n) is 4.87. The summed E-state index contributed by atoms with van der Waals surface area (Å²) in [4.78, 5) is 0. The van der Waals surface area contributed by atoms with Crippen LogP contribution in [-0.2, 0) is 0 Å². The lowest BCUT2D eigenvalue weighted by Gasteiger charge is -2.18. The first-order valence-corrected chi connectivity index (χ1v) is 7.93. The minimum Gasteiger partial charge on any atom is -0.490 e. The molecule has 110 valence electrons. The van der Waals surface area contributed by atoms with Gasteiger partial charge in [-0.1, -0.05) is 45.7 Å². The number of ether oxygens (including phenoxy) is 2. The molecule has 2 aromatic rings. The van der Waals surface area contributed by atoms with Gasteiger partial charge in [-0.2, -0.15) is 0 Å². The van der Waals surface area contributed by atoms with E-state index >= 15 is 0 Å². The first-order valence-electron chi connectivity index (χ1n) is 6.76. The van der Waals surface area contributed by atoms with E-state index in [2.05, 4.69) is 15.9 Å². The summed E-state index contributed by atoms with van der Waals surface area (Å²) >= 11 is 9.91. The second-order valence-corrected chi connectivity index (χ2v) is 6.13. The molecule has 0 spiro atoms.